The zero-order chi connectivity index (χ0) is 15.8. The number of nitrogens with zero attached hydrogens (tertiary/aromatic N) is 4. The maximum absolute atomic E-state index is 12.5. The van der Waals surface area contributed by atoms with E-state index in [0.717, 1.165) is 19.5 Å². The molecular weight excluding hydrogens is 266 g/mol. The topological polar surface area (TPSA) is 61.4 Å². The molecule has 0 radical (unpaired) electrons. The molecule has 0 saturated heterocycles. The number of rotatable bonds is 8. The highest BCUT2D eigenvalue weighted by molar-refractivity contribution is 5.92. The first-order chi connectivity index (χ1) is 9.99. The van der Waals surface area contributed by atoms with E-state index in [9.17, 15) is 4.79 Å². The molecule has 0 aromatic carbocycles. The lowest BCUT2D eigenvalue weighted by Gasteiger charge is -2.29. The molecule has 1 unspecified atom stereocenters. The van der Waals surface area contributed by atoms with Crippen LogP contribution < -0.4 is 5.32 Å². The zero-order valence-corrected chi connectivity index (χ0v) is 13.8. The molecule has 0 spiro atoms. The molecule has 0 bridgehead atoms. The largest absolute Gasteiger partial charge is 0.369 e. The van der Waals surface area contributed by atoms with Crippen LogP contribution >= 0.6 is 0 Å². The summed E-state index contributed by atoms with van der Waals surface area (Å²) in [6, 6.07) is 3.68. The summed E-state index contributed by atoms with van der Waals surface area (Å²) in [7, 11) is 4.01. The lowest BCUT2D eigenvalue weighted by molar-refractivity contribution is 0.0672. The van der Waals surface area contributed by atoms with Crippen molar-refractivity contribution in [3.8, 4) is 0 Å². The van der Waals surface area contributed by atoms with Crippen molar-refractivity contribution in [2.24, 2.45) is 0 Å². The van der Waals surface area contributed by atoms with Crippen LogP contribution in [-0.2, 0) is 0 Å². The van der Waals surface area contributed by atoms with Crippen molar-refractivity contribution in [3.05, 3.63) is 17.8 Å². The summed E-state index contributed by atoms with van der Waals surface area (Å²) in [4.78, 5) is 16.4. The van der Waals surface area contributed by atoms with Crippen molar-refractivity contribution in [1.82, 2.24) is 20.0 Å². The predicted octanol–water partition coefficient (Wildman–Crippen LogP) is 1.71. The number of aromatic nitrogens is 2. The maximum Gasteiger partial charge on any atom is 0.274 e. The Balaban J connectivity index is 2.75. The number of hydrogen-bond donors (Lipinski definition) is 1. The number of carbonyl (C=O) groups excluding carboxylic acids is 1. The number of amides is 1. The summed E-state index contributed by atoms with van der Waals surface area (Å²) in [5, 5.41) is 11.2. The van der Waals surface area contributed by atoms with Crippen LogP contribution in [0.25, 0.3) is 0 Å². The van der Waals surface area contributed by atoms with Gasteiger partial charge in [-0.05, 0) is 46.5 Å². The summed E-state index contributed by atoms with van der Waals surface area (Å²) >= 11 is 0. The van der Waals surface area contributed by atoms with E-state index in [1.54, 1.807) is 12.1 Å². The highest BCUT2D eigenvalue weighted by Crippen LogP contribution is 2.09. The zero-order valence-electron chi connectivity index (χ0n) is 13.8. The van der Waals surface area contributed by atoms with Crippen LogP contribution in [0.5, 0.6) is 0 Å². The second kappa shape index (κ2) is 8.56. The third-order valence-corrected chi connectivity index (χ3v) is 3.20. The normalized spacial score (nSPS) is 12.3. The number of hydrogen-bond acceptors (Lipinski definition) is 5. The smallest absolute Gasteiger partial charge is 0.274 e. The van der Waals surface area contributed by atoms with E-state index in [2.05, 4.69) is 27.3 Å². The van der Waals surface area contributed by atoms with E-state index in [-0.39, 0.29) is 11.9 Å². The van der Waals surface area contributed by atoms with Crippen molar-refractivity contribution >= 4 is 11.7 Å². The van der Waals surface area contributed by atoms with Crippen LogP contribution in [0.15, 0.2) is 12.1 Å². The van der Waals surface area contributed by atoms with Gasteiger partial charge < -0.3 is 15.1 Å². The molecule has 1 atom stereocenters. The molecule has 6 nitrogen and oxygen atoms in total. The average molecular weight is 293 g/mol. The first kappa shape index (κ1) is 17.4. The summed E-state index contributed by atoms with van der Waals surface area (Å²) in [6.45, 7) is 8.45. The molecule has 6 heteroatoms. The highest BCUT2D eigenvalue weighted by atomic mass is 16.2. The van der Waals surface area contributed by atoms with Gasteiger partial charge in [0.1, 0.15) is 5.82 Å². The number of nitrogens with one attached hydrogen (secondary N) is 1. The minimum Gasteiger partial charge on any atom is -0.369 e. The molecule has 1 rings (SSSR count). The van der Waals surface area contributed by atoms with Gasteiger partial charge in [0.15, 0.2) is 5.69 Å². The standard InChI is InChI=1S/C15H27N5O/c1-6-10-16-14-9-8-13(17-18-14)15(21)20(7-2)12(3)11-19(4)5/h8-9,12H,6-7,10-11H2,1-5H3,(H,16,18). The minimum absolute atomic E-state index is 0.0682. The van der Waals surface area contributed by atoms with E-state index >= 15 is 0 Å². The number of likely N-dealkylation sites (N-methyl/N-ethyl adjacent to an activating group) is 2. The van der Waals surface area contributed by atoms with Crippen LogP contribution in [0.2, 0.25) is 0 Å². The maximum atomic E-state index is 12.5. The van der Waals surface area contributed by atoms with Crippen molar-refractivity contribution < 1.29 is 4.79 Å². The van der Waals surface area contributed by atoms with Gasteiger partial charge in [0, 0.05) is 25.7 Å². The lowest BCUT2D eigenvalue weighted by atomic mass is 10.2. The first-order valence-corrected chi connectivity index (χ1v) is 7.52. The van der Waals surface area contributed by atoms with Gasteiger partial charge in [-0.1, -0.05) is 6.92 Å². The van der Waals surface area contributed by atoms with Crippen molar-refractivity contribution in [3.63, 3.8) is 0 Å². The minimum atomic E-state index is -0.0682. The number of carbonyl (C=O) groups is 1. The summed E-state index contributed by atoms with van der Waals surface area (Å²) in [5.74, 6) is 0.638. The Morgan fingerprint density at radius 3 is 2.48 bits per heavy atom. The van der Waals surface area contributed by atoms with Crippen LogP contribution in [0, 0.1) is 0 Å². The fraction of sp³-hybridized carbons (Fsp3) is 0.667. The summed E-state index contributed by atoms with van der Waals surface area (Å²) in [6.07, 6.45) is 1.02. The second-order valence-electron chi connectivity index (χ2n) is 5.43. The highest BCUT2D eigenvalue weighted by Gasteiger charge is 2.21. The van der Waals surface area contributed by atoms with Gasteiger partial charge in [-0.15, -0.1) is 10.2 Å². The SMILES string of the molecule is CCCNc1ccc(C(=O)N(CC)C(C)CN(C)C)nn1. The molecule has 0 aliphatic heterocycles. The molecular formula is C15H27N5O. The molecule has 1 amide bonds. The van der Waals surface area contributed by atoms with Crippen LogP contribution in [0.4, 0.5) is 5.82 Å². The van der Waals surface area contributed by atoms with Crippen molar-refractivity contribution in [2.75, 3.05) is 39.0 Å². The van der Waals surface area contributed by atoms with E-state index in [1.807, 2.05) is 32.8 Å². The van der Waals surface area contributed by atoms with Gasteiger partial charge in [-0.3, -0.25) is 4.79 Å². The average Bonchev–Trinajstić information content (AvgIpc) is 2.45. The Morgan fingerprint density at radius 2 is 2.00 bits per heavy atom. The van der Waals surface area contributed by atoms with E-state index < -0.39 is 0 Å². The molecule has 0 saturated carbocycles. The summed E-state index contributed by atoms with van der Waals surface area (Å²) in [5.41, 5.74) is 0.393. The Bertz CT molecular complexity index is 432. The Kier molecular flexibility index (Phi) is 7.08. The third-order valence-electron chi connectivity index (χ3n) is 3.20. The number of anilines is 1. The fourth-order valence-electron chi connectivity index (χ4n) is 2.22. The van der Waals surface area contributed by atoms with Gasteiger partial charge in [0.05, 0.1) is 0 Å². The molecule has 0 aliphatic carbocycles. The van der Waals surface area contributed by atoms with Crippen molar-refractivity contribution in [1.29, 1.82) is 0 Å². The Hall–Kier alpha value is -1.69. The van der Waals surface area contributed by atoms with Crippen LogP contribution in [0.3, 0.4) is 0 Å². The quantitative estimate of drug-likeness (QED) is 0.790. The fourth-order valence-corrected chi connectivity index (χ4v) is 2.22. The Morgan fingerprint density at radius 1 is 1.29 bits per heavy atom. The second-order valence-corrected chi connectivity index (χ2v) is 5.43. The molecule has 1 heterocycles. The molecule has 1 N–H and O–H groups in total. The monoisotopic (exact) mass is 293 g/mol. The van der Waals surface area contributed by atoms with E-state index in [4.69, 9.17) is 0 Å². The van der Waals surface area contributed by atoms with Gasteiger partial charge in [-0.2, -0.15) is 0 Å². The van der Waals surface area contributed by atoms with Crippen LogP contribution in [-0.4, -0.2) is 65.7 Å². The molecule has 0 aliphatic rings. The molecule has 21 heavy (non-hydrogen) atoms. The lowest BCUT2D eigenvalue weighted by Crippen LogP contribution is -2.44. The van der Waals surface area contributed by atoms with Gasteiger partial charge in [0.2, 0.25) is 0 Å². The molecule has 1 aromatic heterocycles. The van der Waals surface area contributed by atoms with E-state index in [0.29, 0.717) is 18.1 Å². The van der Waals surface area contributed by atoms with Crippen LogP contribution in [0.1, 0.15) is 37.7 Å². The predicted molar refractivity (Wildman–Crippen MR) is 85.5 cm³/mol. The van der Waals surface area contributed by atoms with E-state index in [1.165, 1.54) is 0 Å². The third kappa shape index (κ3) is 5.30. The van der Waals surface area contributed by atoms with Gasteiger partial charge >= 0.3 is 0 Å². The van der Waals surface area contributed by atoms with Gasteiger partial charge in [0.25, 0.3) is 5.91 Å². The molecule has 1 aromatic rings. The molecule has 0 fully saturated rings. The Labute approximate surface area is 127 Å². The summed E-state index contributed by atoms with van der Waals surface area (Å²) < 4.78 is 0. The first-order valence-electron chi connectivity index (χ1n) is 7.52. The van der Waals surface area contributed by atoms with Gasteiger partial charge in [-0.25, -0.2) is 0 Å². The van der Waals surface area contributed by atoms with Crippen molar-refractivity contribution in [2.45, 2.75) is 33.2 Å². The molecule has 118 valence electrons.